The van der Waals surface area contributed by atoms with Crippen LogP contribution in [0.15, 0.2) is 48.5 Å². The second-order valence-electron chi connectivity index (χ2n) is 5.39. The number of nitrogens with one attached hydrogen (secondary N) is 2. The summed E-state index contributed by atoms with van der Waals surface area (Å²) in [4.78, 5) is 11.0. The van der Waals surface area contributed by atoms with Crippen LogP contribution in [0.5, 0.6) is 0 Å². The number of rotatable bonds is 5. The molecule has 1 amide bonds. The van der Waals surface area contributed by atoms with E-state index < -0.39 is 0 Å². The molecule has 0 unspecified atom stereocenters. The Morgan fingerprint density at radius 3 is 2.48 bits per heavy atom. The van der Waals surface area contributed by atoms with E-state index in [1.54, 1.807) is 0 Å². The largest absolute Gasteiger partial charge is 0.326 e. The number of anilines is 1. The molecule has 0 aromatic heterocycles. The molecule has 0 fully saturated rings. The van der Waals surface area contributed by atoms with Crippen LogP contribution in [-0.4, -0.2) is 5.91 Å². The van der Waals surface area contributed by atoms with Crippen molar-refractivity contribution in [3.8, 4) is 0 Å². The van der Waals surface area contributed by atoms with E-state index in [1.807, 2.05) is 24.3 Å². The molecule has 0 spiro atoms. The number of hydrogen-bond acceptors (Lipinski definition) is 2. The van der Waals surface area contributed by atoms with E-state index >= 15 is 0 Å². The van der Waals surface area contributed by atoms with Crippen molar-refractivity contribution in [3.63, 3.8) is 0 Å². The Kier molecular flexibility index (Phi) is 5.12. The highest BCUT2D eigenvalue weighted by Gasteiger charge is 2.05. The lowest BCUT2D eigenvalue weighted by Gasteiger charge is -2.15. The molecule has 1 atom stereocenters. The van der Waals surface area contributed by atoms with E-state index in [-0.39, 0.29) is 5.91 Å². The maximum absolute atomic E-state index is 11.0. The van der Waals surface area contributed by atoms with Crippen LogP contribution in [-0.2, 0) is 11.3 Å². The van der Waals surface area contributed by atoms with E-state index in [1.165, 1.54) is 23.6 Å². The molecule has 0 aliphatic rings. The summed E-state index contributed by atoms with van der Waals surface area (Å²) in [5.41, 5.74) is 4.60. The molecule has 0 bridgehead atoms. The van der Waals surface area contributed by atoms with Gasteiger partial charge >= 0.3 is 0 Å². The number of carbonyl (C=O) groups is 1. The maximum Gasteiger partial charge on any atom is 0.221 e. The second-order valence-corrected chi connectivity index (χ2v) is 5.39. The van der Waals surface area contributed by atoms with Crippen LogP contribution >= 0.6 is 0 Å². The first-order valence-electron chi connectivity index (χ1n) is 7.21. The lowest BCUT2D eigenvalue weighted by molar-refractivity contribution is -0.114. The van der Waals surface area contributed by atoms with E-state index in [2.05, 4.69) is 48.7 Å². The molecule has 2 rings (SSSR count). The zero-order valence-electron chi connectivity index (χ0n) is 12.8. The third-order valence-corrected chi connectivity index (χ3v) is 3.43. The fourth-order valence-corrected chi connectivity index (χ4v) is 2.24. The van der Waals surface area contributed by atoms with Crippen LogP contribution in [0.25, 0.3) is 0 Å². The first kappa shape index (κ1) is 15.3. The molecule has 21 heavy (non-hydrogen) atoms. The summed E-state index contributed by atoms with van der Waals surface area (Å²) in [6.07, 6.45) is 0. The van der Waals surface area contributed by atoms with Gasteiger partial charge in [0.15, 0.2) is 0 Å². The first-order valence-corrected chi connectivity index (χ1v) is 7.21. The van der Waals surface area contributed by atoms with Crippen molar-refractivity contribution in [3.05, 3.63) is 65.2 Å². The van der Waals surface area contributed by atoms with Gasteiger partial charge in [-0.1, -0.05) is 42.0 Å². The van der Waals surface area contributed by atoms with Crippen LogP contribution in [0.3, 0.4) is 0 Å². The van der Waals surface area contributed by atoms with Gasteiger partial charge in [-0.05, 0) is 37.1 Å². The van der Waals surface area contributed by atoms with E-state index in [0.29, 0.717) is 6.04 Å². The van der Waals surface area contributed by atoms with Crippen molar-refractivity contribution in [2.24, 2.45) is 0 Å². The Hall–Kier alpha value is -2.13. The highest BCUT2D eigenvalue weighted by atomic mass is 16.1. The van der Waals surface area contributed by atoms with Crippen molar-refractivity contribution < 1.29 is 4.79 Å². The molecule has 2 aromatic rings. The van der Waals surface area contributed by atoms with Crippen LogP contribution in [0.2, 0.25) is 0 Å². The van der Waals surface area contributed by atoms with Gasteiger partial charge in [-0.2, -0.15) is 0 Å². The van der Waals surface area contributed by atoms with Gasteiger partial charge in [-0.3, -0.25) is 4.79 Å². The lowest BCUT2D eigenvalue weighted by atomic mass is 10.1. The Labute approximate surface area is 126 Å². The minimum absolute atomic E-state index is 0.0473. The molecule has 0 saturated heterocycles. The van der Waals surface area contributed by atoms with Crippen LogP contribution < -0.4 is 10.6 Å². The molecule has 3 nitrogen and oxygen atoms in total. The zero-order valence-corrected chi connectivity index (χ0v) is 12.8. The number of carbonyl (C=O) groups excluding carboxylic acids is 1. The smallest absolute Gasteiger partial charge is 0.221 e. The monoisotopic (exact) mass is 282 g/mol. The first-order chi connectivity index (χ1) is 10.0. The number of benzene rings is 2. The summed E-state index contributed by atoms with van der Waals surface area (Å²) in [7, 11) is 0. The summed E-state index contributed by atoms with van der Waals surface area (Å²) in [6, 6.07) is 16.8. The molecule has 3 heteroatoms. The van der Waals surface area contributed by atoms with E-state index in [9.17, 15) is 4.79 Å². The average Bonchev–Trinajstić information content (AvgIpc) is 2.45. The normalized spacial score (nSPS) is 12.0. The summed E-state index contributed by atoms with van der Waals surface area (Å²) in [5, 5.41) is 6.28. The van der Waals surface area contributed by atoms with Gasteiger partial charge in [0.1, 0.15) is 0 Å². The molecule has 0 heterocycles. The zero-order chi connectivity index (χ0) is 15.2. The summed E-state index contributed by atoms with van der Waals surface area (Å²) in [6.45, 7) is 6.59. The second kappa shape index (κ2) is 7.04. The standard InChI is InChI=1S/C18H22N2O/c1-13-5-4-6-17(11-13)14(2)19-12-16-7-9-18(10-8-16)20-15(3)21/h4-11,14,19H,12H2,1-3H3,(H,20,21)/t14-/m1/s1. The number of aryl methyl sites for hydroxylation is 1. The fraction of sp³-hybridized carbons (Fsp3) is 0.278. The van der Waals surface area contributed by atoms with E-state index in [0.717, 1.165) is 12.2 Å². The van der Waals surface area contributed by atoms with Gasteiger partial charge in [0.05, 0.1) is 0 Å². The molecule has 0 aliphatic carbocycles. The number of hydrogen-bond donors (Lipinski definition) is 2. The molecule has 2 N–H and O–H groups in total. The Balaban J connectivity index is 1.92. The summed E-state index contributed by atoms with van der Waals surface area (Å²) in [5.74, 6) is -0.0473. The maximum atomic E-state index is 11.0. The fourth-order valence-electron chi connectivity index (χ4n) is 2.24. The number of amides is 1. The average molecular weight is 282 g/mol. The molecular formula is C18H22N2O. The van der Waals surface area contributed by atoms with Crippen LogP contribution in [0.1, 0.15) is 36.6 Å². The minimum Gasteiger partial charge on any atom is -0.326 e. The molecule has 110 valence electrons. The topological polar surface area (TPSA) is 41.1 Å². The Morgan fingerprint density at radius 1 is 1.14 bits per heavy atom. The van der Waals surface area contributed by atoms with Gasteiger partial charge in [-0.15, -0.1) is 0 Å². The van der Waals surface area contributed by atoms with Gasteiger partial charge in [0.2, 0.25) is 5.91 Å². The lowest BCUT2D eigenvalue weighted by Crippen LogP contribution is -2.18. The van der Waals surface area contributed by atoms with Crippen molar-refractivity contribution in [1.29, 1.82) is 0 Å². The highest BCUT2D eigenvalue weighted by Crippen LogP contribution is 2.15. The third kappa shape index (κ3) is 4.72. The van der Waals surface area contributed by atoms with Crippen molar-refractivity contribution in [2.45, 2.75) is 33.4 Å². The predicted molar refractivity (Wildman–Crippen MR) is 87.2 cm³/mol. The Morgan fingerprint density at radius 2 is 1.86 bits per heavy atom. The molecular weight excluding hydrogens is 260 g/mol. The summed E-state index contributed by atoms with van der Waals surface area (Å²) < 4.78 is 0. The Bertz CT molecular complexity index is 605. The van der Waals surface area contributed by atoms with Gasteiger partial charge in [0, 0.05) is 25.2 Å². The summed E-state index contributed by atoms with van der Waals surface area (Å²) >= 11 is 0. The van der Waals surface area contributed by atoms with Crippen LogP contribution in [0.4, 0.5) is 5.69 Å². The minimum atomic E-state index is -0.0473. The quantitative estimate of drug-likeness (QED) is 0.875. The van der Waals surface area contributed by atoms with Crippen molar-refractivity contribution in [1.82, 2.24) is 5.32 Å². The van der Waals surface area contributed by atoms with Gasteiger partial charge in [0.25, 0.3) is 0 Å². The molecule has 0 saturated carbocycles. The molecule has 0 radical (unpaired) electrons. The van der Waals surface area contributed by atoms with Gasteiger partial charge < -0.3 is 10.6 Å². The van der Waals surface area contributed by atoms with Crippen LogP contribution in [0, 0.1) is 6.92 Å². The third-order valence-electron chi connectivity index (χ3n) is 3.43. The van der Waals surface area contributed by atoms with Crippen molar-refractivity contribution >= 4 is 11.6 Å². The SMILES string of the molecule is CC(=O)Nc1ccc(CN[C@H](C)c2cccc(C)c2)cc1. The predicted octanol–water partition coefficient (Wildman–Crippen LogP) is 3.80. The molecule has 0 aliphatic heterocycles. The van der Waals surface area contributed by atoms with Gasteiger partial charge in [-0.25, -0.2) is 0 Å². The highest BCUT2D eigenvalue weighted by molar-refractivity contribution is 5.88. The van der Waals surface area contributed by atoms with Crippen molar-refractivity contribution in [2.75, 3.05) is 5.32 Å². The van der Waals surface area contributed by atoms with E-state index in [4.69, 9.17) is 0 Å². The molecule has 2 aromatic carbocycles.